The topological polar surface area (TPSA) is 9.23 Å². The molecule has 0 fully saturated rings. The van der Waals surface area contributed by atoms with Gasteiger partial charge in [-0.2, -0.15) is 0 Å². The second-order valence-corrected chi connectivity index (χ2v) is 19.6. The maximum atomic E-state index is 7.21. The average molecular weight is 844 g/mol. The van der Waals surface area contributed by atoms with Crippen LogP contribution >= 0.6 is 0 Å². The van der Waals surface area contributed by atoms with Crippen molar-refractivity contribution in [3.8, 4) is 11.5 Å². The van der Waals surface area contributed by atoms with E-state index in [2.05, 4.69) is 64.1 Å². The van der Waals surface area contributed by atoms with Gasteiger partial charge >= 0.3 is 0 Å². The molecule has 0 amide bonds. The lowest BCUT2D eigenvalue weighted by molar-refractivity contribution is 0.462. The van der Waals surface area contributed by atoms with Gasteiger partial charge in [-0.25, -0.2) is 0 Å². The van der Waals surface area contributed by atoms with Gasteiger partial charge in [0, 0.05) is 0 Å². The summed E-state index contributed by atoms with van der Waals surface area (Å²) in [6.45, 7) is 9.28. The van der Waals surface area contributed by atoms with Crippen LogP contribution in [-0.4, -0.2) is 0 Å². The fourth-order valence-corrected chi connectivity index (χ4v) is 9.75. The van der Waals surface area contributed by atoms with Crippen LogP contribution in [0.25, 0.3) is 0 Å². The number of rotatable bonds is 46. The molecular formula is C60H106O. The van der Waals surface area contributed by atoms with E-state index in [4.69, 9.17) is 4.74 Å². The molecule has 352 valence electrons. The van der Waals surface area contributed by atoms with E-state index in [1.165, 1.54) is 281 Å². The van der Waals surface area contributed by atoms with Crippen LogP contribution in [0.1, 0.15) is 307 Å². The number of benzene rings is 2. The molecule has 2 rings (SSSR count). The van der Waals surface area contributed by atoms with Crippen LogP contribution in [0.2, 0.25) is 0 Å². The Kier molecular flexibility index (Phi) is 38.3. The lowest BCUT2D eigenvalue weighted by Crippen LogP contribution is -2.03. The van der Waals surface area contributed by atoms with Gasteiger partial charge in [0.25, 0.3) is 0 Å². The second kappa shape index (κ2) is 42.2. The first-order chi connectivity index (χ1) is 30.2. The van der Waals surface area contributed by atoms with Crippen LogP contribution in [0.4, 0.5) is 0 Å². The van der Waals surface area contributed by atoms with Gasteiger partial charge in [-0.3, -0.25) is 0 Å². The largest absolute Gasteiger partial charge is 0.457 e. The van der Waals surface area contributed by atoms with Crippen LogP contribution in [0.15, 0.2) is 36.4 Å². The van der Waals surface area contributed by atoms with E-state index in [0.29, 0.717) is 0 Å². The van der Waals surface area contributed by atoms with Gasteiger partial charge in [-0.1, -0.05) is 283 Å². The van der Waals surface area contributed by atoms with Gasteiger partial charge in [-0.15, -0.1) is 0 Å². The summed E-state index contributed by atoms with van der Waals surface area (Å²) >= 11 is 0. The molecule has 1 nitrogen and oxygen atoms in total. The molecule has 0 radical (unpaired) electrons. The van der Waals surface area contributed by atoms with Gasteiger partial charge in [0.15, 0.2) is 0 Å². The molecule has 0 aliphatic heterocycles. The summed E-state index contributed by atoms with van der Waals surface area (Å²) in [6.07, 6.45) is 60.4. The Labute approximate surface area is 383 Å². The number of hydrogen-bond donors (Lipinski definition) is 0. The normalized spacial score (nSPS) is 11.5. The predicted octanol–water partition coefficient (Wildman–Crippen LogP) is 21.3. The molecule has 0 bridgehead atoms. The molecule has 0 aliphatic rings. The summed E-state index contributed by atoms with van der Waals surface area (Å²) in [5.41, 5.74) is 6.16. The average Bonchev–Trinajstić information content (AvgIpc) is 3.27. The highest BCUT2D eigenvalue weighted by atomic mass is 16.5. The zero-order valence-electron chi connectivity index (χ0n) is 42.0. The molecule has 0 N–H and O–H groups in total. The van der Waals surface area contributed by atoms with Crippen LogP contribution < -0.4 is 4.74 Å². The molecule has 0 atom stereocenters. The fourth-order valence-electron chi connectivity index (χ4n) is 9.75. The van der Waals surface area contributed by atoms with E-state index in [0.717, 1.165) is 24.3 Å². The summed E-state index contributed by atoms with van der Waals surface area (Å²) in [6, 6.07) is 14.1. The summed E-state index contributed by atoms with van der Waals surface area (Å²) < 4.78 is 7.21. The van der Waals surface area contributed by atoms with E-state index in [1.54, 1.807) is 11.1 Å². The molecule has 0 aliphatic carbocycles. The molecule has 0 aromatic heterocycles. The molecule has 61 heavy (non-hydrogen) atoms. The van der Waals surface area contributed by atoms with E-state index in [9.17, 15) is 0 Å². The number of unbranched alkanes of at least 4 members (excludes halogenated alkanes) is 36. The van der Waals surface area contributed by atoms with Crippen LogP contribution in [0.5, 0.6) is 11.5 Å². The predicted molar refractivity (Wildman–Crippen MR) is 275 cm³/mol. The van der Waals surface area contributed by atoms with Gasteiger partial charge < -0.3 is 4.74 Å². The van der Waals surface area contributed by atoms with Crippen molar-refractivity contribution in [1.29, 1.82) is 0 Å². The second-order valence-electron chi connectivity index (χ2n) is 19.6. The first kappa shape index (κ1) is 55.4. The van der Waals surface area contributed by atoms with Gasteiger partial charge in [0.1, 0.15) is 11.5 Å². The standard InChI is InChI=1S/C60H106O/c1-5-9-13-17-21-25-29-33-37-41-47-55-49-45-53-59(57(55)51-43-39-35-31-27-23-19-15-11-7-3)61-60-54-46-50-56(48-42-38-34-30-26-22-18-14-10-6-2)58(60)52-44-40-36-32-28-24-20-16-12-8-4/h45-46,49-50,53-54H,5-44,47-48,51-52H2,1-4H3. The molecule has 0 saturated carbocycles. The van der Waals surface area contributed by atoms with E-state index >= 15 is 0 Å². The fraction of sp³-hybridized carbons (Fsp3) is 0.800. The van der Waals surface area contributed by atoms with Crippen molar-refractivity contribution in [3.63, 3.8) is 0 Å². The minimum atomic E-state index is 1.15. The Hall–Kier alpha value is -1.76. The first-order valence-electron chi connectivity index (χ1n) is 28.1. The monoisotopic (exact) mass is 843 g/mol. The minimum Gasteiger partial charge on any atom is -0.457 e. The van der Waals surface area contributed by atoms with Crippen molar-refractivity contribution in [2.45, 2.75) is 310 Å². The Morgan fingerprint density at radius 2 is 0.459 bits per heavy atom. The number of hydrogen-bond acceptors (Lipinski definition) is 1. The Bertz CT molecular complexity index is 1120. The molecular weight excluding hydrogens is 737 g/mol. The zero-order chi connectivity index (χ0) is 43.5. The van der Waals surface area contributed by atoms with Crippen molar-refractivity contribution >= 4 is 0 Å². The molecule has 2 aromatic carbocycles. The Morgan fingerprint density at radius 3 is 0.705 bits per heavy atom. The number of ether oxygens (including phenoxy) is 1. The van der Waals surface area contributed by atoms with Crippen LogP contribution in [0.3, 0.4) is 0 Å². The summed E-state index contributed by atoms with van der Waals surface area (Å²) in [5, 5.41) is 0. The summed E-state index contributed by atoms with van der Waals surface area (Å²) in [4.78, 5) is 0. The van der Waals surface area contributed by atoms with Crippen LogP contribution in [-0.2, 0) is 25.7 Å². The third-order valence-corrected chi connectivity index (χ3v) is 13.8. The molecule has 0 saturated heterocycles. The smallest absolute Gasteiger partial charge is 0.130 e. The van der Waals surface area contributed by atoms with E-state index in [-0.39, 0.29) is 0 Å². The highest BCUT2D eigenvalue weighted by molar-refractivity contribution is 5.47. The summed E-state index contributed by atoms with van der Waals surface area (Å²) in [5.74, 6) is 2.31. The van der Waals surface area contributed by atoms with Crippen molar-refractivity contribution in [2.75, 3.05) is 0 Å². The van der Waals surface area contributed by atoms with Gasteiger partial charge in [0.2, 0.25) is 0 Å². The number of aryl methyl sites for hydroxylation is 2. The molecule has 0 heterocycles. The molecule has 2 aromatic rings. The van der Waals surface area contributed by atoms with Gasteiger partial charge in [0.05, 0.1) is 0 Å². The first-order valence-corrected chi connectivity index (χ1v) is 28.1. The SMILES string of the molecule is CCCCCCCCCCCCc1cccc(Oc2cccc(CCCCCCCCCCCC)c2CCCCCCCCCCCC)c1CCCCCCCCCCCC. The van der Waals surface area contributed by atoms with Crippen molar-refractivity contribution in [3.05, 3.63) is 58.7 Å². The molecule has 0 unspecified atom stereocenters. The van der Waals surface area contributed by atoms with Crippen molar-refractivity contribution in [1.82, 2.24) is 0 Å². The highest BCUT2D eigenvalue weighted by Crippen LogP contribution is 2.35. The summed E-state index contributed by atoms with van der Waals surface area (Å²) in [7, 11) is 0. The molecule has 0 spiro atoms. The highest BCUT2D eigenvalue weighted by Gasteiger charge is 2.15. The maximum Gasteiger partial charge on any atom is 0.130 e. The third kappa shape index (κ3) is 30.1. The molecule has 1 heteroatoms. The third-order valence-electron chi connectivity index (χ3n) is 13.8. The lowest BCUT2D eigenvalue weighted by atomic mass is 9.94. The Balaban J connectivity index is 2.11. The Morgan fingerprint density at radius 1 is 0.246 bits per heavy atom. The van der Waals surface area contributed by atoms with Gasteiger partial charge in [-0.05, 0) is 85.8 Å². The zero-order valence-corrected chi connectivity index (χ0v) is 42.0. The van der Waals surface area contributed by atoms with Crippen LogP contribution in [0, 0.1) is 0 Å². The van der Waals surface area contributed by atoms with E-state index < -0.39 is 0 Å². The minimum absolute atomic E-state index is 1.15. The maximum absolute atomic E-state index is 7.21. The van der Waals surface area contributed by atoms with E-state index in [1.807, 2.05) is 0 Å². The lowest BCUT2D eigenvalue weighted by Gasteiger charge is -2.20. The van der Waals surface area contributed by atoms with Crippen molar-refractivity contribution < 1.29 is 4.74 Å². The van der Waals surface area contributed by atoms with Crippen molar-refractivity contribution in [2.24, 2.45) is 0 Å². The quantitative estimate of drug-likeness (QED) is 0.0604.